The Morgan fingerprint density at radius 2 is 1.67 bits per heavy atom. The van der Waals surface area contributed by atoms with Gasteiger partial charge in [-0.25, -0.2) is 8.78 Å². The zero-order chi connectivity index (χ0) is 9.14. The van der Waals surface area contributed by atoms with E-state index in [1.54, 1.807) is 0 Å². The second-order valence-corrected chi connectivity index (χ2v) is 2.45. The molecule has 0 fully saturated rings. The van der Waals surface area contributed by atoms with E-state index in [2.05, 4.69) is 0 Å². The van der Waals surface area contributed by atoms with Crippen molar-refractivity contribution in [2.45, 2.75) is 12.5 Å². The zero-order valence-electron chi connectivity index (χ0n) is 6.24. The molecule has 0 saturated heterocycles. The monoisotopic (exact) mass is 173 g/mol. The summed E-state index contributed by atoms with van der Waals surface area (Å²) in [6.45, 7) is 0. The summed E-state index contributed by atoms with van der Waals surface area (Å²) in [4.78, 5) is 0. The number of halogens is 2. The van der Waals surface area contributed by atoms with Gasteiger partial charge in [0.15, 0.2) is 0 Å². The first kappa shape index (κ1) is 8.93. The van der Waals surface area contributed by atoms with Crippen molar-refractivity contribution in [1.82, 2.24) is 0 Å². The molecule has 1 aromatic carbocycles. The maximum absolute atomic E-state index is 12.0. The van der Waals surface area contributed by atoms with Gasteiger partial charge in [-0.2, -0.15) is 0 Å². The molecule has 4 heteroatoms. The van der Waals surface area contributed by atoms with Crippen LogP contribution >= 0.6 is 0 Å². The third-order valence-corrected chi connectivity index (χ3v) is 1.55. The molecule has 0 spiro atoms. The Balaban J connectivity index is 2.82. The standard InChI is InChI=1S/C8H9F2NO/c9-8(10)7(11)5-1-3-6(12)4-2-5/h1-4,7-8,12H,11H2. The van der Waals surface area contributed by atoms with Gasteiger partial charge in [0.05, 0.1) is 6.04 Å². The van der Waals surface area contributed by atoms with E-state index in [0.717, 1.165) is 0 Å². The summed E-state index contributed by atoms with van der Waals surface area (Å²) >= 11 is 0. The Labute approximate surface area is 68.6 Å². The van der Waals surface area contributed by atoms with Crippen LogP contribution in [-0.4, -0.2) is 11.5 Å². The Kier molecular flexibility index (Phi) is 2.60. The van der Waals surface area contributed by atoms with Gasteiger partial charge in [-0.1, -0.05) is 12.1 Å². The summed E-state index contributed by atoms with van der Waals surface area (Å²) in [7, 11) is 0. The Morgan fingerprint density at radius 1 is 1.17 bits per heavy atom. The molecule has 1 atom stereocenters. The SMILES string of the molecule is NC(c1ccc(O)cc1)C(F)F. The average Bonchev–Trinajstić information content (AvgIpc) is 2.04. The van der Waals surface area contributed by atoms with E-state index in [1.807, 2.05) is 0 Å². The molecule has 1 aromatic rings. The van der Waals surface area contributed by atoms with Crippen LogP contribution in [0.1, 0.15) is 11.6 Å². The third-order valence-electron chi connectivity index (χ3n) is 1.55. The molecular formula is C8H9F2NO. The molecule has 0 aliphatic heterocycles. The highest BCUT2D eigenvalue weighted by atomic mass is 19.3. The first-order chi connectivity index (χ1) is 5.61. The van der Waals surface area contributed by atoms with Crippen molar-refractivity contribution in [3.63, 3.8) is 0 Å². The number of phenols is 1. The summed E-state index contributed by atoms with van der Waals surface area (Å²) in [5, 5.41) is 8.85. The number of aromatic hydroxyl groups is 1. The maximum Gasteiger partial charge on any atom is 0.257 e. The van der Waals surface area contributed by atoms with Gasteiger partial charge in [-0.15, -0.1) is 0 Å². The highest BCUT2D eigenvalue weighted by Gasteiger charge is 2.16. The van der Waals surface area contributed by atoms with Crippen LogP contribution in [0.2, 0.25) is 0 Å². The highest BCUT2D eigenvalue weighted by Crippen LogP contribution is 2.19. The van der Waals surface area contributed by atoms with Crippen LogP contribution in [0.15, 0.2) is 24.3 Å². The molecule has 0 saturated carbocycles. The van der Waals surface area contributed by atoms with Crippen LogP contribution < -0.4 is 5.73 Å². The van der Waals surface area contributed by atoms with Crippen LogP contribution in [0, 0.1) is 0 Å². The van der Waals surface area contributed by atoms with Crippen LogP contribution in [0.25, 0.3) is 0 Å². The lowest BCUT2D eigenvalue weighted by Crippen LogP contribution is -2.18. The van der Waals surface area contributed by atoms with Crippen LogP contribution in [0.3, 0.4) is 0 Å². The Hall–Kier alpha value is -1.16. The number of nitrogens with two attached hydrogens (primary N) is 1. The first-order valence-corrected chi connectivity index (χ1v) is 3.44. The molecule has 0 radical (unpaired) electrons. The summed E-state index contributed by atoms with van der Waals surface area (Å²) < 4.78 is 24.1. The van der Waals surface area contributed by atoms with Crippen LogP contribution in [0.4, 0.5) is 8.78 Å². The normalized spacial score (nSPS) is 13.3. The second-order valence-electron chi connectivity index (χ2n) is 2.45. The van der Waals surface area contributed by atoms with Gasteiger partial charge in [-0.3, -0.25) is 0 Å². The van der Waals surface area contributed by atoms with Crippen molar-refractivity contribution in [3.8, 4) is 5.75 Å². The number of phenolic OH excluding ortho intramolecular Hbond substituents is 1. The van der Waals surface area contributed by atoms with Gasteiger partial charge in [0.25, 0.3) is 6.43 Å². The van der Waals surface area contributed by atoms with Crippen molar-refractivity contribution in [2.75, 3.05) is 0 Å². The molecule has 0 aliphatic carbocycles. The molecule has 0 aromatic heterocycles. The fourth-order valence-electron chi connectivity index (χ4n) is 0.842. The zero-order valence-corrected chi connectivity index (χ0v) is 6.24. The van der Waals surface area contributed by atoms with Crippen molar-refractivity contribution < 1.29 is 13.9 Å². The first-order valence-electron chi connectivity index (χ1n) is 3.44. The predicted molar refractivity (Wildman–Crippen MR) is 41.0 cm³/mol. The van der Waals surface area contributed by atoms with Crippen LogP contribution in [-0.2, 0) is 0 Å². The lowest BCUT2D eigenvalue weighted by atomic mass is 10.1. The van der Waals surface area contributed by atoms with Crippen molar-refractivity contribution in [1.29, 1.82) is 0 Å². The molecule has 2 nitrogen and oxygen atoms in total. The third kappa shape index (κ3) is 1.92. The highest BCUT2D eigenvalue weighted by molar-refractivity contribution is 5.28. The van der Waals surface area contributed by atoms with E-state index in [-0.39, 0.29) is 5.75 Å². The topological polar surface area (TPSA) is 46.2 Å². The fraction of sp³-hybridized carbons (Fsp3) is 0.250. The number of benzene rings is 1. The minimum atomic E-state index is -2.57. The van der Waals surface area contributed by atoms with E-state index < -0.39 is 12.5 Å². The number of rotatable bonds is 2. The molecule has 1 unspecified atom stereocenters. The van der Waals surface area contributed by atoms with Crippen LogP contribution in [0.5, 0.6) is 5.75 Å². The largest absolute Gasteiger partial charge is 0.508 e. The average molecular weight is 173 g/mol. The van der Waals surface area contributed by atoms with E-state index in [9.17, 15) is 8.78 Å². The minimum Gasteiger partial charge on any atom is -0.508 e. The molecular weight excluding hydrogens is 164 g/mol. The lowest BCUT2D eigenvalue weighted by molar-refractivity contribution is 0.116. The number of alkyl halides is 2. The Bertz CT molecular complexity index is 248. The quantitative estimate of drug-likeness (QED) is 0.714. The van der Waals surface area contributed by atoms with Gasteiger partial charge in [0.2, 0.25) is 0 Å². The van der Waals surface area contributed by atoms with Gasteiger partial charge in [0.1, 0.15) is 5.75 Å². The van der Waals surface area contributed by atoms with E-state index in [4.69, 9.17) is 10.8 Å². The van der Waals surface area contributed by atoms with Gasteiger partial charge >= 0.3 is 0 Å². The van der Waals surface area contributed by atoms with Gasteiger partial charge in [0, 0.05) is 0 Å². The smallest absolute Gasteiger partial charge is 0.257 e. The van der Waals surface area contributed by atoms with E-state index in [0.29, 0.717) is 5.56 Å². The van der Waals surface area contributed by atoms with Crippen molar-refractivity contribution in [2.24, 2.45) is 5.73 Å². The molecule has 0 amide bonds. The predicted octanol–water partition coefficient (Wildman–Crippen LogP) is 1.66. The maximum atomic E-state index is 12.0. The molecule has 0 heterocycles. The van der Waals surface area contributed by atoms with E-state index >= 15 is 0 Å². The van der Waals surface area contributed by atoms with Crippen molar-refractivity contribution in [3.05, 3.63) is 29.8 Å². The van der Waals surface area contributed by atoms with E-state index in [1.165, 1.54) is 24.3 Å². The summed E-state index contributed by atoms with van der Waals surface area (Å²) in [6.07, 6.45) is -2.57. The summed E-state index contributed by atoms with van der Waals surface area (Å²) in [5.74, 6) is 0.0419. The molecule has 66 valence electrons. The molecule has 0 bridgehead atoms. The molecule has 3 N–H and O–H groups in total. The molecule has 0 aliphatic rings. The lowest BCUT2D eigenvalue weighted by Gasteiger charge is -2.09. The van der Waals surface area contributed by atoms with Crippen molar-refractivity contribution >= 4 is 0 Å². The second kappa shape index (κ2) is 3.49. The fourth-order valence-corrected chi connectivity index (χ4v) is 0.842. The summed E-state index contributed by atoms with van der Waals surface area (Å²) in [6, 6.07) is 4.15. The van der Waals surface area contributed by atoms with Gasteiger partial charge in [-0.05, 0) is 17.7 Å². The molecule has 1 rings (SSSR count). The molecule has 12 heavy (non-hydrogen) atoms. The summed E-state index contributed by atoms with van der Waals surface area (Å²) in [5.41, 5.74) is 5.48. The van der Waals surface area contributed by atoms with Gasteiger partial charge < -0.3 is 10.8 Å². The number of hydrogen-bond acceptors (Lipinski definition) is 2. The minimum absolute atomic E-state index is 0.0419. The Morgan fingerprint density at radius 3 is 2.08 bits per heavy atom. The number of hydrogen-bond donors (Lipinski definition) is 2.